The number of rotatable bonds is 21. The van der Waals surface area contributed by atoms with Gasteiger partial charge in [0.2, 0.25) is 0 Å². The fourth-order valence-electron chi connectivity index (χ4n) is 4.22. The van der Waals surface area contributed by atoms with E-state index < -0.39 is 0 Å². The third kappa shape index (κ3) is 21.9. The van der Waals surface area contributed by atoms with Gasteiger partial charge in [-0.3, -0.25) is 0 Å². The molecule has 0 amide bonds. The van der Waals surface area contributed by atoms with Crippen molar-refractivity contribution in [2.45, 2.75) is 150 Å². The van der Waals surface area contributed by atoms with Crippen molar-refractivity contribution in [1.29, 1.82) is 0 Å². The monoisotopic (exact) mass is 378 g/mol. The van der Waals surface area contributed by atoms with Gasteiger partial charge in [0.25, 0.3) is 0 Å². The first-order valence-corrected chi connectivity index (χ1v) is 12.9. The van der Waals surface area contributed by atoms with Crippen molar-refractivity contribution in [3.63, 3.8) is 0 Å². The van der Waals surface area contributed by atoms with E-state index in [0.29, 0.717) is 0 Å². The first kappa shape index (κ1) is 26.7. The molecule has 0 aliphatic carbocycles. The van der Waals surface area contributed by atoms with Crippen LogP contribution in [0.25, 0.3) is 0 Å². The van der Waals surface area contributed by atoms with Crippen LogP contribution in [0.15, 0.2) is 12.2 Å². The number of unbranched alkanes of at least 4 members (excludes halogenated alkanes) is 13. The van der Waals surface area contributed by atoms with Gasteiger partial charge in [-0.2, -0.15) is 0 Å². The first-order chi connectivity index (χ1) is 13.2. The summed E-state index contributed by atoms with van der Waals surface area (Å²) in [6.45, 7) is 9.40. The van der Waals surface area contributed by atoms with Crippen molar-refractivity contribution in [3.05, 3.63) is 12.2 Å². The molecule has 27 heavy (non-hydrogen) atoms. The molecule has 0 rings (SSSR count). The van der Waals surface area contributed by atoms with Crippen LogP contribution in [0.4, 0.5) is 0 Å². The van der Waals surface area contributed by atoms with Crippen LogP contribution < -0.4 is 0 Å². The minimum atomic E-state index is 0.873. The fourth-order valence-corrected chi connectivity index (χ4v) is 4.22. The van der Waals surface area contributed by atoms with E-state index in [1.165, 1.54) is 122 Å². The van der Waals surface area contributed by atoms with Crippen molar-refractivity contribution >= 4 is 0 Å². The minimum absolute atomic E-state index is 0.873. The lowest BCUT2D eigenvalue weighted by molar-refractivity contribution is 0.343. The highest BCUT2D eigenvalue weighted by atomic mass is 14.2. The Morgan fingerprint density at radius 2 is 0.963 bits per heavy atom. The summed E-state index contributed by atoms with van der Waals surface area (Å²) >= 11 is 0. The normalized spacial score (nSPS) is 13.1. The summed E-state index contributed by atoms with van der Waals surface area (Å²) in [5.41, 5.74) is 0. The van der Waals surface area contributed by atoms with Gasteiger partial charge in [-0.15, -0.1) is 0 Å². The van der Waals surface area contributed by atoms with Crippen molar-refractivity contribution in [2.75, 3.05) is 0 Å². The second-order valence-electron chi connectivity index (χ2n) is 9.36. The highest BCUT2D eigenvalue weighted by Crippen LogP contribution is 2.24. The zero-order chi connectivity index (χ0) is 20.0. The first-order valence-electron chi connectivity index (χ1n) is 12.9. The highest BCUT2D eigenvalue weighted by molar-refractivity contribution is 4.81. The molecule has 0 nitrogen and oxygen atoms in total. The van der Waals surface area contributed by atoms with Crippen molar-refractivity contribution in [2.24, 2.45) is 11.8 Å². The SMILES string of the molecule is CCCCCCCCCCC=CCCCCCCC(CCCC)CC(C)C. The van der Waals surface area contributed by atoms with Crippen LogP contribution in [0.1, 0.15) is 150 Å². The highest BCUT2D eigenvalue weighted by Gasteiger charge is 2.10. The third-order valence-electron chi connectivity index (χ3n) is 5.89. The van der Waals surface area contributed by atoms with Crippen LogP contribution in [0.2, 0.25) is 0 Å². The zero-order valence-corrected chi connectivity index (χ0v) is 19.7. The Bertz CT molecular complexity index is 288. The topological polar surface area (TPSA) is 0 Å². The zero-order valence-electron chi connectivity index (χ0n) is 19.7. The van der Waals surface area contributed by atoms with E-state index in [0.717, 1.165) is 11.8 Å². The van der Waals surface area contributed by atoms with Crippen LogP contribution in [-0.4, -0.2) is 0 Å². The van der Waals surface area contributed by atoms with Gasteiger partial charge < -0.3 is 0 Å². The summed E-state index contributed by atoms with van der Waals surface area (Å²) in [4.78, 5) is 0. The summed E-state index contributed by atoms with van der Waals surface area (Å²) in [6.07, 6.45) is 31.9. The summed E-state index contributed by atoms with van der Waals surface area (Å²) < 4.78 is 0. The van der Waals surface area contributed by atoms with Gasteiger partial charge in [0.1, 0.15) is 0 Å². The van der Waals surface area contributed by atoms with E-state index in [9.17, 15) is 0 Å². The molecule has 0 saturated carbocycles. The molecule has 0 aliphatic heterocycles. The lowest BCUT2D eigenvalue weighted by Crippen LogP contribution is -2.05. The predicted molar refractivity (Wildman–Crippen MR) is 127 cm³/mol. The Morgan fingerprint density at radius 3 is 1.48 bits per heavy atom. The summed E-state index contributed by atoms with van der Waals surface area (Å²) in [5, 5.41) is 0. The molecule has 0 N–H and O–H groups in total. The largest absolute Gasteiger partial charge is 0.0885 e. The molecule has 0 aromatic rings. The number of hydrogen-bond acceptors (Lipinski definition) is 0. The van der Waals surface area contributed by atoms with E-state index in [1.807, 2.05) is 0 Å². The molecule has 0 heteroatoms. The smallest absolute Gasteiger partial charge is 0.0351 e. The lowest BCUT2D eigenvalue weighted by Gasteiger charge is -2.18. The van der Waals surface area contributed by atoms with Crippen molar-refractivity contribution < 1.29 is 0 Å². The van der Waals surface area contributed by atoms with E-state index in [4.69, 9.17) is 0 Å². The number of hydrogen-bond donors (Lipinski definition) is 0. The van der Waals surface area contributed by atoms with Gasteiger partial charge in [0.05, 0.1) is 0 Å². The summed E-state index contributed by atoms with van der Waals surface area (Å²) in [6, 6.07) is 0. The Balaban J connectivity index is 3.38. The van der Waals surface area contributed by atoms with Crippen molar-refractivity contribution in [1.82, 2.24) is 0 Å². The summed E-state index contributed by atoms with van der Waals surface area (Å²) in [7, 11) is 0. The predicted octanol–water partition coefficient (Wildman–Crippen LogP) is 10.3. The van der Waals surface area contributed by atoms with Crippen LogP contribution in [0, 0.1) is 11.8 Å². The molecule has 0 aliphatic rings. The van der Waals surface area contributed by atoms with Crippen LogP contribution in [0.3, 0.4) is 0 Å². The number of allylic oxidation sites excluding steroid dienone is 2. The Kier molecular flexibility index (Phi) is 21.8. The Morgan fingerprint density at radius 1 is 0.519 bits per heavy atom. The minimum Gasteiger partial charge on any atom is -0.0885 e. The second kappa shape index (κ2) is 22.0. The molecule has 1 unspecified atom stereocenters. The maximum absolute atomic E-state index is 2.45. The summed E-state index contributed by atoms with van der Waals surface area (Å²) in [5.74, 6) is 1.87. The maximum Gasteiger partial charge on any atom is -0.0351 e. The molecule has 0 radical (unpaired) electrons. The molecule has 0 heterocycles. The lowest BCUT2D eigenvalue weighted by atomic mass is 9.88. The molecular formula is C27H54. The van der Waals surface area contributed by atoms with Gasteiger partial charge in [0, 0.05) is 0 Å². The van der Waals surface area contributed by atoms with Gasteiger partial charge >= 0.3 is 0 Å². The maximum atomic E-state index is 2.45. The van der Waals surface area contributed by atoms with Crippen LogP contribution in [-0.2, 0) is 0 Å². The van der Waals surface area contributed by atoms with E-state index >= 15 is 0 Å². The Labute approximate surface area is 174 Å². The quantitative estimate of drug-likeness (QED) is 0.138. The van der Waals surface area contributed by atoms with E-state index in [2.05, 4.69) is 39.8 Å². The standard InChI is InChI=1S/C27H54/c1-5-7-9-10-11-12-13-14-15-16-17-18-19-20-21-22-24-27(23-8-6-2)25-26(3)4/h16-17,26-27H,5-15,18-25H2,1-4H3. The third-order valence-corrected chi connectivity index (χ3v) is 5.89. The molecule has 0 aromatic heterocycles. The van der Waals surface area contributed by atoms with Crippen molar-refractivity contribution in [3.8, 4) is 0 Å². The molecule has 0 fully saturated rings. The average molecular weight is 379 g/mol. The van der Waals surface area contributed by atoms with Gasteiger partial charge in [-0.25, -0.2) is 0 Å². The van der Waals surface area contributed by atoms with Crippen LogP contribution in [0.5, 0.6) is 0 Å². The Hall–Kier alpha value is -0.260. The van der Waals surface area contributed by atoms with Gasteiger partial charge in [0.15, 0.2) is 0 Å². The molecule has 1 atom stereocenters. The van der Waals surface area contributed by atoms with Gasteiger partial charge in [-0.1, -0.05) is 130 Å². The van der Waals surface area contributed by atoms with Gasteiger partial charge in [-0.05, 0) is 43.9 Å². The van der Waals surface area contributed by atoms with E-state index in [1.54, 1.807) is 0 Å². The molecule has 0 spiro atoms. The second-order valence-corrected chi connectivity index (χ2v) is 9.36. The molecule has 0 aromatic carbocycles. The molecular weight excluding hydrogens is 324 g/mol. The van der Waals surface area contributed by atoms with Crippen LogP contribution >= 0.6 is 0 Å². The molecule has 162 valence electrons. The van der Waals surface area contributed by atoms with E-state index in [-0.39, 0.29) is 0 Å². The average Bonchev–Trinajstić information content (AvgIpc) is 2.65. The molecule has 0 saturated heterocycles. The fraction of sp³-hybridized carbons (Fsp3) is 0.926. The molecule has 0 bridgehead atoms.